The van der Waals surface area contributed by atoms with Gasteiger partial charge in [0.1, 0.15) is 5.69 Å². The number of amides is 2. The molecule has 1 aromatic carbocycles. The number of hydrogen-bond acceptors (Lipinski definition) is 7. The van der Waals surface area contributed by atoms with Crippen LogP contribution >= 0.6 is 11.3 Å². The normalized spacial score (nSPS) is 25.8. The van der Waals surface area contributed by atoms with Crippen molar-refractivity contribution in [3.05, 3.63) is 46.7 Å². The third-order valence-electron chi connectivity index (χ3n) is 6.58. The molecule has 2 aliphatic carbocycles. The first-order chi connectivity index (χ1) is 15.0. The fourth-order valence-corrected chi connectivity index (χ4v) is 6.14. The van der Waals surface area contributed by atoms with Crippen LogP contribution in [0.4, 0.5) is 0 Å². The maximum absolute atomic E-state index is 12.5. The summed E-state index contributed by atoms with van der Waals surface area (Å²) < 4.78 is 12.0. The summed E-state index contributed by atoms with van der Waals surface area (Å²) in [6.07, 6.45) is 5.59. The Balaban J connectivity index is 1.06. The number of benzene rings is 1. The highest BCUT2D eigenvalue weighted by molar-refractivity contribution is 7.18. The van der Waals surface area contributed by atoms with Gasteiger partial charge in [-0.3, -0.25) is 14.6 Å². The average Bonchev–Trinajstić information content (AvgIpc) is 3.32. The van der Waals surface area contributed by atoms with E-state index in [4.69, 9.17) is 20.2 Å². The van der Waals surface area contributed by atoms with E-state index < -0.39 is 5.91 Å². The van der Waals surface area contributed by atoms with Gasteiger partial charge in [0.15, 0.2) is 11.5 Å². The molecule has 2 fully saturated rings. The Morgan fingerprint density at radius 1 is 1.13 bits per heavy atom. The molecule has 3 heterocycles. The van der Waals surface area contributed by atoms with Crippen LogP contribution in [-0.4, -0.2) is 34.6 Å². The van der Waals surface area contributed by atoms with Crippen LogP contribution in [0.25, 0.3) is 10.2 Å². The van der Waals surface area contributed by atoms with E-state index in [0.717, 1.165) is 47.4 Å². The number of rotatable bonds is 4. The van der Waals surface area contributed by atoms with Crippen molar-refractivity contribution < 1.29 is 19.1 Å². The van der Waals surface area contributed by atoms with Crippen molar-refractivity contribution in [3.8, 4) is 11.5 Å². The quantitative estimate of drug-likeness (QED) is 0.649. The molecule has 2 amide bonds. The van der Waals surface area contributed by atoms with Crippen molar-refractivity contribution in [2.75, 3.05) is 6.79 Å². The molecule has 9 heteroatoms. The second kappa shape index (κ2) is 6.65. The molecule has 3 aliphatic rings. The van der Waals surface area contributed by atoms with Gasteiger partial charge in [0.25, 0.3) is 11.8 Å². The van der Waals surface area contributed by atoms with Crippen molar-refractivity contribution in [3.63, 3.8) is 0 Å². The molecule has 0 unspecified atom stereocenters. The maximum atomic E-state index is 12.5. The van der Waals surface area contributed by atoms with Crippen LogP contribution < -0.4 is 20.5 Å². The summed E-state index contributed by atoms with van der Waals surface area (Å²) in [5.41, 5.74) is 7.03. The van der Waals surface area contributed by atoms with Crippen LogP contribution in [0, 0.1) is 5.41 Å². The van der Waals surface area contributed by atoms with Crippen LogP contribution in [0.5, 0.6) is 11.5 Å². The van der Waals surface area contributed by atoms with Gasteiger partial charge in [-0.05, 0) is 43.2 Å². The van der Waals surface area contributed by atoms with E-state index in [1.54, 1.807) is 17.4 Å². The van der Waals surface area contributed by atoms with Crippen molar-refractivity contribution in [1.29, 1.82) is 0 Å². The molecule has 1 aliphatic heterocycles. The molecule has 3 aromatic rings. The first kappa shape index (κ1) is 18.6. The lowest BCUT2D eigenvalue weighted by Gasteiger charge is -2.57. The lowest BCUT2D eigenvalue weighted by molar-refractivity contribution is -0.0187. The van der Waals surface area contributed by atoms with E-state index in [1.807, 2.05) is 12.1 Å². The van der Waals surface area contributed by atoms with Gasteiger partial charge in [0, 0.05) is 35.9 Å². The molecule has 0 atom stereocenters. The molecule has 3 N–H and O–H groups in total. The first-order valence-corrected chi connectivity index (χ1v) is 11.1. The topological polar surface area (TPSA) is 116 Å². The minimum Gasteiger partial charge on any atom is -0.454 e. The van der Waals surface area contributed by atoms with Crippen molar-refractivity contribution in [2.24, 2.45) is 11.1 Å². The number of carbonyl (C=O) groups excluding carboxylic acids is 2. The average molecular weight is 436 g/mol. The molecule has 8 nitrogen and oxygen atoms in total. The second-order valence-corrected chi connectivity index (χ2v) is 9.77. The molecule has 6 rings (SSSR count). The Bertz CT molecular complexity index is 1180. The summed E-state index contributed by atoms with van der Waals surface area (Å²) in [4.78, 5) is 32.5. The molecule has 0 saturated heterocycles. The minimum atomic E-state index is -0.641. The van der Waals surface area contributed by atoms with Crippen molar-refractivity contribution in [1.82, 2.24) is 15.3 Å². The zero-order valence-electron chi connectivity index (χ0n) is 16.6. The largest absolute Gasteiger partial charge is 0.454 e. The van der Waals surface area contributed by atoms with Gasteiger partial charge in [-0.15, -0.1) is 11.3 Å². The van der Waals surface area contributed by atoms with Crippen LogP contribution in [0.1, 0.15) is 57.5 Å². The maximum Gasteiger partial charge on any atom is 0.267 e. The first-order valence-electron chi connectivity index (χ1n) is 10.2. The summed E-state index contributed by atoms with van der Waals surface area (Å²) in [5, 5.41) is 4.24. The Morgan fingerprint density at radius 2 is 1.90 bits per heavy atom. The summed E-state index contributed by atoms with van der Waals surface area (Å²) in [6, 6.07) is 7.17. The van der Waals surface area contributed by atoms with Crippen LogP contribution in [0.3, 0.4) is 0 Å². The molecule has 0 radical (unpaired) electrons. The molecule has 2 saturated carbocycles. The fraction of sp³-hybridized carbons (Fsp3) is 0.364. The number of ether oxygens (including phenoxy) is 2. The van der Waals surface area contributed by atoms with E-state index >= 15 is 0 Å². The van der Waals surface area contributed by atoms with E-state index in [0.29, 0.717) is 16.9 Å². The van der Waals surface area contributed by atoms with E-state index in [1.165, 1.54) is 17.3 Å². The van der Waals surface area contributed by atoms with E-state index in [-0.39, 0.29) is 24.4 Å². The third kappa shape index (κ3) is 3.11. The number of primary amides is 1. The van der Waals surface area contributed by atoms with Crippen molar-refractivity contribution >= 4 is 33.4 Å². The molecule has 31 heavy (non-hydrogen) atoms. The zero-order valence-corrected chi connectivity index (χ0v) is 17.4. The SMILES string of the molecule is NC(=O)c1cc(C(=O)NC2CC3(C2)CC(c2nc4cc5c(cc4s2)OCO5)C3)ccn1. The number of pyridine rings is 1. The molecule has 1 spiro atoms. The Kier molecular flexibility index (Phi) is 3.98. The van der Waals surface area contributed by atoms with E-state index in [9.17, 15) is 9.59 Å². The van der Waals surface area contributed by atoms with Gasteiger partial charge in [0.2, 0.25) is 6.79 Å². The molecule has 0 bridgehead atoms. The lowest BCUT2D eigenvalue weighted by Crippen LogP contribution is -2.55. The highest BCUT2D eigenvalue weighted by Crippen LogP contribution is 2.62. The number of nitrogens with one attached hydrogen (secondary N) is 1. The Hall–Kier alpha value is -3.20. The number of nitrogens with two attached hydrogens (primary N) is 1. The smallest absolute Gasteiger partial charge is 0.267 e. The summed E-state index contributed by atoms with van der Waals surface area (Å²) >= 11 is 1.73. The highest BCUT2D eigenvalue weighted by Gasteiger charge is 2.54. The van der Waals surface area contributed by atoms with Gasteiger partial charge >= 0.3 is 0 Å². The third-order valence-corrected chi connectivity index (χ3v) is 7.76. The van der Waals surface area contributed by atoms with Crippen LogP contribution in [0.15, 0.2) is 30.5 Å². The fourth-order valence-electron chi connectivity index (χ4n) is 5.07. The van der Waals surface area contributed by atoms with Gasteiger partial charge in [0.05, 0.1) is 15.2 Å². The number of carbonyl (C=O) groups is 2. The van der Waals surface area contributed by atoms with Crippen LogP contribution in [0.2, 0.25) is 0 Å². The number of thiazole rings is 1. The monoisotopic (exact) mass is 436 g/mol. The number of nitrogens with zero attached hydrogens (tertiary/aromatic N) is 2. The molecule has 158 valence electrons. The van der Waals surface area contributed by atoms with Crippen LogP contribution in [-0.2, 0) is 0 Å². The molecular formula is C22H20N4O4S. The van der Waals surface area contributed by atoms with E-state index in [2.05, 4.69) is 10.3 Å². The highest BCUT2D eigenvalue weighted by atomic mass is 32.1. The van der Waals surface area contributed by atoms with Gasteiger partial charge in [-0.2, -0.15) is 0 Å². The second-order valence-electron chi connectivity index (χ2n) is 8.70. The Morgan fingerprint density at radius 3 is 2.68 bits per heavy atom. The zero-order chi connectivity index (χ0) is 21.2. The summed E-state index contributed by atoms with van der Waals surface area (Å²) in [7, 11) is 0. The molecule has 2 aromatic heterocycles. The lowest BCUT2D eigenvalue weighted by atomic mass is 9.50. The predicted molar refractivity (Wildman–Crippen MR) is 113 cm³/mol. The van der Waals surface area contributed by atoms with Crippen molar-refractivity contribution in [2.45, 2.75) is 37.6 Å². The summed E-state index contributed by atoms with van der Waals surface area (Å²) in [6.45, 7) is 0.274. The number of aromatic nitrogens is 2. The molecular weight excluding hydrogens is 416 g/mol. The van der Waals surface area contributed by atoms with Gasteiger partial charge in [-0.25, -0.2) is 4.98 Å². The summed E-state index contributed by atoms with van der Waals surface area (Å²) in [5.74, 6) is 1.21. The number of fused-ring (bicyclic) bond motifs is 2. The minimum absolute atomic E-state index is 0.0961. The van der Waals surface area contributed by atoms with Gasteiger partial charge < -0.3 is 20.5 Å². The predicted octanol–water partition coefficient (Wildman–Crippen LogP) is 2.98. The van der Waals surface area contributed by atoms with Gasteiger partial charge in [-0.1, -0.05) is 0 Å². The Labute approximate surface area is 181 Å². The standard InChI is InChI=1S/C22H20N4O4S/c23-19(27)15-3-11(1-2-24-15)20(28)25-13-8-22(9-13)6-12(7-22)21-26-14-4-16-17(30-10-29-16)5-18(14)31-21/h1-5,12-13H,6-10H2,(H2,23,27)(H,25,28). The number of hydrogen-bond donors (Lipinski definition) is 2.